The molecular weight excluding hydrogens is 434 g/mol. The number of hydrogen-bond donors (Lipinski definition) is 2. The van der Waals surface area contributed by atoms with E-state index in [1.807, 2.05) is 0 Å². The van der Waals surface area contributed by atoms with Crippen LogP contribution in [0.1, 0.15) is 5.56 Å². The van der Waals surface area contributed by atoms with Crippen molar-refractivity contribution in [3.05, 3.63) is 28.9 Å². The number of fused-ring (bicyclic) bond motifs is 5. The third kappa shape index (κ3) is 2.02. The van der Waals surface area contributed by atoms with Gasteiger partial charge in [0.1, 0.15) is 18.0 Å². The van der Waals surface area contributed by atoms with E-state index in [-0.39, 0.29) is 27.8 Å². The minimum absolute atomic E-state index is 0.0481. The van der Waals surface area contributed by atoms with Crippen molar-refractivity contribution in [3.63, 3.8) is 0 Å². The van der Waals surface area contributed by atoms with Gasteiger partial charge in [0.2, 0.25) is 0 Å². The van der Waals surface area contributed by atoms with Gasteiger partial charge in [0.25, 0.3) is 11.8 Å². The Morgan fingerprint density at radius 3 is 2.37 bits per heavy atom. The van der Waals surface area contributed by atoms with Crippen LogP contribution >= 0.6 is 23.4 Å². The summed E-state index contributed by atoms with van der Waals surface area (Å²) in [5, 5.41) is 23.5. The number of anilines is 1. The lowest BCUT2D eigenvalue weighted by Gasteiger charge is -2.47. The maximum absolute atomic E-state index is 13.3. The van der Waals surface area contributed by atoms with Crippen LogP contribution in [0.2, 0.25) is 5.02 Å². The van der Waals surface area contributed by atoms with Crippen LogP contribution < -0.4 is 14.4 Å². The number of aliphatic hydroxyl groups excluding tert-OH is 1. The Labute approximate surface area is 182 Å². The van der Waals surface area contributed by atoms with Crippen molar-refractivity contribution in [1.29, 1.82) is 0 Å². The molecule has 0 saturated carbocycles. The van der Waals surface area contributed by atoms with Gasteiger partial charge in [-0.25, -0.2) is 0 Å². The van der Waals surface area contributed by atoms with Crippen molar-refractivity contribution < 1.29 is 29.3 Å². The molecule has 0 aromatic heterocycles. The first-order chi connectivity index (χ1) is 14.0. The van der Waals surface area contributed by atoms with Crippen molar-refractivity contribution in [2.75, 3.05) is 39.5 Å². The number of nitrogens with zero attached hydrogens (tertiary/aromatic N) is 3. The largest absolute Gasteiger partial charge is 0.491 e. The average molecular weight is 456 g/mol. The Bertz CT molecular complexity index is 1000. The molecule has 0 bridgehead atoms. The second-order valence-corrected chi connectivity index (χ2v) is 8.86. The van der Waals surface area contributed by atoms with E-state index in [2.05, 4.69) is 6.58 Å². The summed E-state index contributed by atoms with van der Waals surface area (Å²) in [6, 6.07) is 1.47. The molecule has 1 aromatic rings. The van der Waals surface area contributed by atoms with Gasteiger partial charge in [-0.05, 0) is 12.3 Å². The molecule has 0 aliphatic carbocycles. The smallest absolute Gasteiger partial charge is 0.273 e. The van der Waals surface area contributed by atoms with Gasteiger partial charge in [-0.15, -0.1) is 11.8 Å². The highest BCUT2D eigenvalue weighted by Crippen LogP contribution is 2.63. The number of hydrogen-bond acceptors (Lipinski definition) is 8. The Morgan fingerprint density at radius 2 is 1.83 bits per heavy atom. The second kappa shape index (κ2) is 6.43. The number of aliphatic hydroxyl groups is 2. The van der Waals surface area contributed by atoms with Gasteiger partial charge >= 0.3 is 0 Å². The van der Waals surface area contributed by atoms with Crippen LogP contribution in [0.15, 0.2) is 18.3 Å². The lowest BCUT2D eigenvalue weighted by atomic mass is 9.87. The van der Waals surface area contributed by atoms with Gasteiger partial charge in [0.05, 0.1) is 24.9 Å². The van der Waals surface area contributed by atoms with Gasteiger partial charge in [0, 0.05) is 19.7 Å². The molecule has 0 unspecified atom stereocenters. The van der Waals surface area contributed by atoms with Crippen LogP contribution in [0.5, 0.6) is 11.5 Å². The van der Waals surface area contributed by atoms with Crippen LogP contribution in [0.4, 0.5) is 5.69 Å². The van der Waals surface area contributed by atoms with Crippen molar-refractivity contribution in [2.45, 2.75) is 22.7 Å². The van der Waals surface area contributed by atoms with E-state index in [4.69, 9.17) is 21.1 Å². The first-order valence-electron chi connectivity index (χ1n) is 8.99. The number of ether oxygens (including phenoxy) is 2. The highest BCUT2D eigenvalue weighted by molar-refractivity contribution is 8.00. The molecule has 4 atom stereocenters. The zero-order chi connectivity index (χ0) is 22.3. The van der Waals surface area contributed by atoms with E-state index < -0.39 is 34.6 Å². The summed E-state index contributed by atoms with van der Waals surface area (Å²) in [6.45, 7) is 3.72. The van der Waals surface area contributed by atoms with Crippen LogP contribution in [0.25, 0.3) is 0 Å². The molecule has 0 radical (unpaired) electrons. The number of carbonyl (C=O) groups excluding carboxylic acids is 2. The van der Waals surface area contributed by atoms with E-state index >= 15 is 0 Å². The fourth-order valence-electron chi connectivity index (χ4n) is 4.89. The quantitative estimate of drug-likeness (QED) is 0.638. The molecule has 2 amide bonds. The highest BCUT2D eigenvalue weighted by atomic mass is 35.5. The number of methoxy groups -OCH3 is 2. The standard InChI is InChI=1S/C19H22ClN3O6S/c1-8-14(24)23-16-18(27,15(25)19(23,30-6)17(26)21(8)2)9-7-10(20)12(28-4)13(29-5)11(9)22(16)3/h7,15-16,25,27H,1H2,2-6H3/t15-,16-,18+,19-/m1/s1. The van der Waals surface area contributed by atoms with Crippen LogP contribution in [-0.2, 0) is 15.2 Å². The fraction of sp³-hybridized carbons (Fsp3) is 0.474. The van der Waals surface area contributed by atoms with E-state index in [0.717, 1.165) is 16.7 Å². The molecule has 3 aliphatic heterocycles. The summed E-state index contributed by atoms with van der Waals surface area (Å²) >= 11 is 7.36. The zero-order valence-electron chi connectivity index (χ0n) is 17.1. The number of halogens is 1. The number of piperazine rings is 1. The molecule has 2 saturated heterocycles. The number of thioether (sulfide) groups is 1. The van der Waals surface area contributed by atoms with Crippen LogP contribution in [0.3, 0.4) is 0 Å². The number of rotatable bonds is 3. The zero-order valence-corrected chi connectivity index (χ0v) is 18.7. The topological polar surface area (TPSA) is 103 Å². The summed E-state index contributed by atoms with van der Waals surface area (Å²) in [5.74, 6) is -0.609. The van der Waals surface area contributed by atoms with Crippen LogP contribution in [-0.4, -0.2) is 83.5 Å². The van der Waals surface area contributed by atoms with Gasteiger partial charge in [-0.3, -0.25) is 14.5 Å². The second-order valence-electron chi connectivity index (χ2n) is 7.42. The summed E-state index contributed by atoms with van der Waals surface area (Å²) < 4.78 is 10.9. The van der Waals surface area contributed by atoms with Gasteiger partial charge in [-0.2, -0.15) is 0 Å². The van der Waals surface area contributed by atoms with E-state index in [9.17, 15) is 19.8 Å². The molecule has 162 valence electrons. The summed E-state index contributed by atoms with van der Waals surface area (Å²) in [7, 11) is 5.92. The molecule has 9 nitrogen and oxygen atoms in total. The minimum Gasteiger partial charge on any atom is -0.491 e. The normalized spacial score (nSPS) is 32.4. The molecule has 3 aliphatic rings. The number of carbonyl (C=O) groups is 2. The summed E-state index contributed by atoms with van der Waals surface area (Å²) in [4.78, 5) is 28.8. The molecule has 0 spiro atoms. The molecule has 2 N–H and O–H groups in total. The first kappa shape index (κ1) is 21.1. The van der Waals surface area contributed by atoms with Gasteiger partial charge < -0.3 is 29.5 Å². The summed E-state index contributed by atoms with van der Waals surface area (Å²) in [5.41, 5.74) is -1.42. The Kier molecular flexibility index (Phi) is 4.52. The van der Waals surface area contributed by atoms with Crippen molar-refractivity contribution in [2.24, 2.45) is 0 Å². The van der Waals surface area contributed by atoms with Crippen molar-refractivity contribution >= 4 is 40.9 Å². The number of benzene rings is 1. The third-order valence-corrected chi connectivity index (χ3v) is 7.80. The van der Waals surface area contributed by atoms with Gasteiger partial charge in [0.15, 0.2) is 22.0 Å². The van der Waals surface area contributed by atoms with Crippen LogP contribution in [0, 0.1) is 0 Å². The van der Waals surface area contributed by atoms with Crippen molar-refractivity contribution in [1.82, 2.24) is 9.80 Å². The number of amides is 2. The maximum atomic E-state index is 13.3. The third-order valence-electron chi connectivity index (χ3n) is 6.30. The first-order valence-corrected chi connectivity index (χ1v) is 10.6. The van der Waals surface area contributed by atoms with E-state index in [0.29, 0.717) is 5.69 Å². The number of likely N-dealkylation sites (N-methyl/N-ethyl adjacent to an activating group) is 2. The monoisotopic (exact) mass is 455 g/mol. The predicted molar refractivity (Wildman–Crippen MR) is 112 cm³/mol. The fourth-order valence-corrected chi connectivity index (χ4v) is 6.25. The highest BCUT2D eigenvalue weighted by Gasteiger charge is 2.77. The SMILES string of the molecule is C=C1C(=O)N2[C@H]3N(C)c4c(cc(Cl)c(OC)c4OC)[C@]3(O)[C@@H](O)[C@@]2(SC)C(=O)N1C. The lowest BCUT2D eigenvalue weighted by Crippen LogP contribution is -2.67. The molecule has 1 aromatic carbocycles. The minimum atomic E-state index is -2.02. The average Bonchev–Trinajstić information content (AvgIpc) is 3.07. The molecule has 30 heavy (non-hydrogen) atoms. The molecule has 2 fully saturated rings. The van der Waals surface area contributed by atoms with E-state index in [1.54, 1.807) is 18.2 Å². The maximum Gasteiger partial charge on any atom is 0.273 e. The Morgan fingerprint density at radius 1 is 1.23 bits per heavy atom. The van der Waals surface area contributed by atoms with E-state index in [1.165, 1.54) is 32.2 Å². The molecule has 4 rings (SSSR count). The Hall–Kier alpha value is -2.14. The summed E-state index contributed by atoms with van der Waals surface area (Å²) in [6.07, 6.45) is -1.15. The molecule has 11 heteroatoms. The predicted octanol–water partition coefficient (Wildman–Crippen LogP) is 0.569. The van der Waals surface area contributed by atoms with Crippen molar-refractivity contribution in [3.8, 4) is 11.5 Å². The van der Waals surface area contributed by atoms with Gasteiger partial charge in [-0.1, -0.05) is 18.2 Å². The molecular formula is C19H22ClN3O6S. The molecule has 3 heterocycles. The Balaban J connectivity index is 2.05. The lowest BCUT2D eigenvalue weighted by molar-refractivity contribution is -0.154.